The van der Waals surface area contributed by atoms with Crippen LogP contribution in [0.15, 0.2) is 48.5 Å². The second kappa shape index (κ2) is 8.47. The molecule has 2 aromatic rings. The van der Waals surface area contributed by atoms with Gasteiger partial charge in [0.1, 0.15) is 12.4 Å². The van der Waals surface area contributed by atoms with Gasteiger partial charge in [0.2, 0.25) is 5.91 Å². The van der Waals surface area contributed by atoms with E-state index >= 15 is 0 Å². The Balaban J connectivity index is 1.39. The van der Waals surface area contributed by atoms with Crippen LogP contribution in [0, 0.1) is 0 Å². The van der Waals surface area contributed by atoms with Gasteiger partial charge >= 0.3 is 0 Å². The highest BCUT2D eigenvalue weighted by atomic mass is 16.5. The van der Waals surface area contributed by atoms with Gasteiger partial charge in [0.15, 0.2) is 0 Å². The van der Waals surface area contributed by atoms with Gasteiger partial charge in [0, 0.05) is 13.0 Å². The molecule has 0 spiro atoms. The van der Waals surface area contributed by atoms with Crippen molar-refractivity contribution in [3.05, 3.63) is 65.2 Å². The Morgan fingerprint density at radius 1 is 0.966 bits per heavy atom. The third kappa shape index (κ3) is 4.83. The van der Waals surface area contributed by atoms with Gasteiger partial charge in [-0.3, -0.25) is 19.3 Å². The third-order valence-electron chi connectivity index (χ3n) is 4.85. The van der Waals surface area contributed by atoms with Crippen LogP contribution in [-0.2, 0) is 10.2 Å². The van der Waals surface area contributed by atoms with Crippen LogP contribution in [0.25, 0.3) is 0 Å². The van der Waals surface area contributed by atoms with Gasteiger partial charge < -0.3 is 10.1 Å². The van der Waals surface area contributed by atoms with Crippen molar-refractivity contribution in [1.82, 2.24) is 10.2 Å². The number of hydrogen-bond donors (Lipinski definition) is 1. The zero-order chi connectivity index (χ0) is 21.0. The Hall–Kier alpha value is -3.15. The highest BCUT2D eigenvalue weighted by Crippen LogP contribution is 2.24. The first kappa shape index (κ1) is 20.6. The van der Waals surface area contributed by atoms with Gasteiger partial charge in [-0.05, 0) is 35.2 Å². The van der Waals surface area contributed by atoms with Crippen molar-refractivity contribution in [2.24, 2.45) is 0 Å². The lowest BCUT2D eigenvalue weighted by atomic mass is 9.87. The van der Waals surface area contributed by atoms with Crippen molar-refractivity contribution >= 4 is 17.7 Å². The molecular formula is C23H26N2O4. The molecule has 1 heterocycles. The molecule has 3 amide bonds. The monoisotopic (exact) mass is 394 g/mol. The number of amides is 3. The summed E-state index contributed by atoms with van der Waals surface area (Å²) in [7, 11) is 0. The normalized spacial score (nSPS) is 13.4. The van der Waals surface area contributed by atoms with Gasteiger partial charge in [-0.15, -0.1) is 0 Å². The smallest absolute Gasteiger partial charge is 0.261 e. The van der Waals surface area contributed by atoms with Crippen LogP contribution in [0.4, 0.5) is 0 Å². The van der Waals surface area contributed by atoms with Crippen LogP contribution in [0.1, 0.15) is 53.5 Å². The summed E-state index contributed by atoms with van der Waals surface area (Å²) in [5.74, 6) is -0.174. The quantitative estimate of drug-likeness (QED) is 0.578. The number of rotatable bonds is 7. The van der Waals surface area contributed by atoms with E-state index in [1.165, 1.54) is 5.56 Å². The number of carbonyl (C=O) groups excluding carboxylic acids is 3. The molecule has 0 unspecified atom stereocenters. The topological polar surface area (TPSA) is 75.7 Å². The first-order chi connectivity index (χ1) is 13.8. The molecule has 1 aliphatic rings. The van der Waals surface area contributed by atoms with Crippen LogP contribution in [0.5, 0.6) is 5.75 Å². The summed E-state index contributed by atoms with van der Waals surface area (Å²) in [6, 6.07) is 14.6. The lowest BCUT2D eigenvalue weighted by molar-refractivity contribution is -0.121. The average Bonchev–Trinajstić information content (AvgIpc) is 2.94. The van der Waals surface area contributed by atoms with Gasteiger partial charge in [-0.1, -0.05) is 45.0 Å². The van der Waals surface area contributed by atoms with E-state index in [9.17, 15) is 14.4 Å². The van der Waals surface area contributed by atoms with Crippen LogP contribution in [0.2, 0.25) is 0 Å². The van der Waals surface area contributed by atoms with Gasteiger partial charge in [0.25, 0.3) is 11.8 Å². The fourth-order valence-corrected chi connectivity index (χ4v) is 3.15. The summed E-state index contributed by atoms with van der Waals surface area (Å²) >= 11 is 0. The Morgan fingerprint density at radius 2 is 1.55 bits per heavy atom. The van der Waals surface area contributed by atoms with E-state index < -0.39 is 0 Å². The number of nitrogens with zero attached hydrogens (tertiary/aromatic N) is 1. The maximum absolute atomic E-state index is 12.3. The molecule has 3 rings (SSSR count). The fraction of sp³-hybridized carbons (Fsp3) is 0.348. The van der Waals surface area contributed by atoms with Crippen LogP contribution >= 0.6 is 0 Å². The summed E-state index contributed by atoms with van der Waals surface area (Å²) < 4.78 is 5.65. The zero-order valence-electron chi connectivity index (χ0n) is 17.0. The van der Waals surface area contributed by atoms with Crippen molar-refractivity contribution < 1.29 is 19.1 Å². The fourth-order valence-electron chi connectivity index (χ4n) is 3.15. The van der Waals surface area contributed by atoms with Gasteiger partial charge in [0.05, 0.1) is 17.7 Å². The van der Waals surface area contributed by atoms with E-state index in [2.05, 4.69) is 26.1 Å². The predicted octanol–water partition coefficient (Wildman–Crippen LogP) is 3.17. The Morgan fingerprint density at radius 3 is 2.10 bits per heavy atom. The van der Waals surface area contributed by atoms with Crippen molar-refractivity contribution in [2.45, 2.75) is 32.6 Å². The highest BCUT2D eigenvalue weighted by molar-refractivity contribution is 6.21. The minimum Gasteiger partial charge on any atom is -0.492 e. The SMILES string of the molecule is CC(C)(C)c1ccc(OCCNC(=O)CCN2C(=O)c3ccccc3C2=O)cc1. The molecule has 0 saturated carbocycles. The maximum Gasteiger partial charge on any atom is 0.261 e. The Labute approximate surface area is 170 Å². The molecule has 0 radical (unpaired) electrons. The van der Waals surface area contributed by atoms with E-state index in [0.717, 1.165) is 10.6 Å². The van der Waals surface area contributed by atoms with Gasteiger partial charge in [-0.25, -0.2) is 0 Å². The number of benzene rings is 2. The lowest BCUT2D eigenvalue weighted by Crippen LogP contribution is -2.35. The van der Waals surface area contributed by atoms with E-state index in [4.69, 9.17) is 4.74 Å². The molecule has 6 heteroatoms. The van der Waals surface area contributed by atoms with Crippen molar-refractivity contribution in [1.29, 1.82) is 0 Å². The molecule has 0 saturated heterocycles. The first-order valence-electron chi connectivity index (χ1n) is 9.72. The van der Waals surface area contributed by atoms with Gasteiger partial charge in [-0.2, -0.15) is 0 Å². The Kier molecular flexibility index (Phi) is 6.01. The zero-order valence-corrected chi connectivity index (χ0v) is 17.0. The number of imide groups is 1. The molecule has 0 atom stereocenters. The predicted molar refractivity (Wildman–Crippen MR) is 110 cm³/mol. The molecule has 1 aliphatic heterocycles. The molecule has 0 aliphatic carbocycles. The maximum atomic E-state index is 12.3. The summed E-state index contributed by atoms with van der Waals surface area (Å²) in [5, 5.41) is 2.75. The Bertz CT molecular complexity index is 878. The highest BCUT2D eigenvalue weighted by Gasteiger charge is 2.34. The molecule has 29 heavy (non-hydrogen) atoms. The second-order valence-corrected chi connectivity index (χ2v) is 8.03. The van der Waals surface area contributed by atoms with Crippen LogP contribution < -0.4 is 10.1 Å². The molecule has 1 N–H and O–H groups in total. The summed E-state index contributed by atoms with van der Waals surface area (Å²) in [6.45, 7) is 7.21. The number of fused-ring (bicyclic) bond motifs is 1. The standard InChI is InChI=1S/C23H26N2O4/c1-23(2,3)16-8-10-17(11-9-16)29-15-13-24-20(26)12-14-25-21(27)18-6-4-5-7-19(18)22(25)28/h4-11H,12-15H2,1-3H3,(H,24,26). The number of ether oxygens (including phenoxy) is 1. The van der Waals surface area contributed by atoms with Crippen molar-refractivity contribution in [2.75, 3.05) is 19.7 Å². The molecule has 0 fully saturated rings. The van der Waals surface area contributed by atoms with E-state index in [1.807, 2.05) is 24.3 Å². The summed E-state index contributed by atoms with van der Waals surface area (Å²) in [5.41, 5.74) is 2.10. The first-order valence-corrected chi connectivity index (χ1v) is 9.72. The molecule has 0 bridgehead atoms. The largest absolute Gasteiger partial charge is 0.492 e. The molecule has 152 valence electrons. The lowest BCUT2D eigenvalue weighted by Gasteiger charge is -2.19. The van der Waals surface area contributed by atoms with Crippen molar-refractivity contribution in [3.8, 4) is 5.75 Å². The van der Waals surface area contributed by atoms with E-state index in [-0.39, 0.29) is 36.1 Å². The second-order valence-electron chi connectivity index (χ2n) is 8.03. The number of hydrogen-bond acceptors (Lipinski definition) is 4. The van der Waals surface area contributed by atoms with E-state index in [0.29, 0.717) is 24.3 Å². The molecule has 6 nitrogen and oxygen atoms in total. The minimum atomic E-state index is -0.347. The molecular weight excluding hydrogens is 368 g/mol. The number of carbonyl (C=O) groups is 3. The minimum absolute atomic E-state index is 0.0613. The molecule has 0 aromatic heterocycles. The number of nitrogens with one attached hydrogen (secondary N) is 1. The summed E-state index contributed by atoms with van der Waals surface area (Å²) in [4.78, 5) is 37.7. The van der Waals surface area contributed by atoms with E-state index in [1.54, 1.807) is 24.3 Å². The average molecular weight is 394 g/mol. The molecule has 2 aromatic carbocycles. The van der Waals surface area contributed by atoms with Crippen LogP contribution in [-0.4, -0.2) is 42.3 Å². The third-order valence-corrected chi connectivity index (χ3v) is 4.85. The summed E-state index contributed by atoms with van der Waals surface area (Å²) in [6.07, 6.45) is 0.0613. The van der Waals surface area contributed by atoms with Crippen LogP contribution in [0.3, 0.4) is 0 Å². The van der Waals surface area contributed by atoms with Crippen molar-refractivity contribution in [3.63, 3.8) is 0 Å².